The van der Waals surface area contributed by atoms with Gasteiger partial charge in [0.05, 0.1) is 22.6 Å². The smallest absolute Gasteiger partial charge is 0.190 e. The normalized spacial score (nSPS) is 12.0. The van der Waals surface area contributed by atoms with Crippen LogP contribution in [0.3, 0.4) is 0 Å². The predicted molar refractivity (Wildman–Crippen MR) is 123 cm³/mol. The third-order valence-electron chi connectivity index (χ3n) is 5.10. The van der Waals surface area contributed by atoms with Gasteiger partial charge in [0, 0.05) is 30.9 Å². The molecule has 0 saturated heterocycles. The lowest BCUT2D eigenvalue weighted by Gasteiger charge is -2.11. The second kappa shape index (κ2) is 9.37. The Labute approximate surface area is 179 Å². The van der Waals surface area contributed by atoms with E-state index in [4.69, 9.17) is 4.99 Å². The van der Waals surface area contributed by atoms with Crippen LogP contribution in [0.2, 0.25) is 0 Å². The van der Waals surface area contributed by atoms with E-state index >= 15 is 0 Å². The summed E-state index contributed by atoms with van der Waals surface area (Å²) in [4.78, 5) is 11.7. The number of rotatable bonds is 8. The number of nitrogens with zero attached hydrogens (tertiary/aromatic N) is 4. The molecule has 0 bridgehead atoms. The van der Waals surface area contributed by atoms with Gasteiger partial charge in [0.1, 0.15) is 0 Å². The first-order chi connectivity index (χ1) is 14.3. The molecule has 0 aliphatic carbocycles. The Bertz CT molecular complexity index is 1080. The van der Waals surface area contributed by atoms with E-state index in [9.17, 15) is 0 Å². The van der Waals surface area contributed by atoms with Crippen molar-refractivity contribution in [1.29, 1.82) is 0 Å². The highest BCUT2D eigenvalue weighted by atomic mass is 32.1. The van der Waals surface area contributed by atoms with E-state index in [-0.39, 0.29) is 0 Å². The number of imidazole rings is 1. The van der Waals surface area contributed by atoms with Gasteiger partial charge in [0.25, 0.3) is 0 Å². The highest BCUT2D eigenvalue weighted by Gasteiger charge is 2.11. The molecule has 0 fully saturated rings. The molecule has 1 aromatic carbocycles. The SMILES string of the molecule is CCc1cccc(CC)c1N=c1scc(-c2cccs2)n1CCCn1ccnc1. The first-order valence-corrected chi connectivity index (χ1v) is 11.9. The minimum Gasteiger partial charge on any atom is -0.337 e. The van der Waals surface area contributed by atoms with Gasteiger partial charge in [-0.25, -0.2) is 9.98 Å². The van der Waals surface area contributed by atoms with Gasteiger partial charge in [0.15, 0.2) is 4.80 Å². The maximum Gasteiger partial charge on any atom is 0.190 e. The Morgan fingerprint density at radius 2 is 1.83 bits per heavy atom. The van der Waals surface area contributed by atoms with Crippen LogP contribution < -0.4 is 4.80 Å². The van der Waals surface area contributed by atoms with Crippen LogP contribution in [0.4, 0.5) is 5.69 Å². The molecule has 0 spiro atoms. The van der Waals surface area contributed by atoms with Gasteiger partial charge >= 0.3 is 0 Å². The molecular weight excluding hydrogens is 396 g/mol. The summed E-state index contributed by atoms with van der Waals surface area (Å²) in [5, 5.41) is 4.39. The van der Waals surface area contributed by atoms with Crippen molar-refractivity contribution in [2.75, 3.05) is 0 Å². The van der Waals surface area contributed by atoms with Crippen molar-refractivity contribution in [1.82, 2.24) is 14.1 Å². The summed E-state index contributed by atoms with van der Waals surface area (Å²) in [6.07, 6.45) is 8.77. The molecule has 4 nitrogen and oxygen atoms in total. The predicted octanol–water partition coefficient (Wildman–Crippen LogP) is 5.92. The summed E-state index contributed by atoms with van der Waals surface area (Å²) in [6, 6.07) is 10.9. The van der Waals surface area contributed by atoms with E-state index in [1.807, 2.05) is 18.7 Å². The highest BCUT2D eigenvalue weighted by Crippen LogP contribution is 2.28. The molecule has 3 heterocycles. The average molecular weight is 423 g/mol. The number of thiazole rings is 1. The van der Waals surface area contributed by atoms with Crippen molar-refractivity contribution in [3.05, 3.63) is 75.7 Å². The quantitative estimate of drug-likeness (QED) is 0.347. The molecule has 150 valence electrons. The molecule has 4 aromatic rings. The maximum atomic E-state index is 5.20. The van der Waals surface area contributed by atoms with Crippen molar-refractivity contribution >= 4 is 28.4 Å². The van der Waals surface area contributed by atoms with Crippen molar-refractivity contribution in [2.45, 2.75) is 46.2 Å². The molecule has 6 heteroatoms. The summed E-state index contributed by atoms with van der Waals surface area (Å²) in [5.41, 5.74) is 5.06. The van der Waals surface area contributed by atoms with Crippen molar-refractivity contribution < 1.29 is 0 Å². The Morgan fingerprint density at radius 3 is 2.48 bits per heavy atom. The van der Waals surface area contributed by atoms with E-state index in [0.717, 1.165) is 42.8 Å². The lowest BCUT2D eigenvalue weighted by atomic mass is 10.0. The number of hydrogen-bond donors (Lipinski definition) is 0. The first-order valence-electron chi connectivity index (χ1n) is 10.1. The molecule has 0 saturated carbocycles. The molecule has 29 heavy (non-hydrogen) atoms. The van der Waals surface area contributed by atoms with E-state index in [2.05, 4.69) is 69.1 Å². The molecule has 0 N–H and O–H groups in total. The number of thiophene rings is 1. The third kappa shape index (κ3) is 4.43. The standard InChI is InChI=1S/C23H26N4S2/c1-3-18-8-5-9-19(4-2)22(18)25-23-27(13-7-12-26-14-11-24-17-26)20(16-29-23)21-10-6-15-28-21/h5-6,8-11,14-17H,3-4,7,12-13H2,1-2H3. The van der Waals surface area contributed by atoms with Crippen LogP contribution in [0.15, 0.2) is 64.8 Å². The van der Waals surface area contributed by atoms with Gasteiger partial charge in [-0.1, -0.05) is 38.1 Å². The van der Waals surface area contributed by atoms with Crippen molar-refractivity contribution in [2.24, 2.45) is 4.99 Å². The summed E-state index contributed by atoms with van der Waals surface area (Å²) >= 11 is 3.52. The molecule has 0 aliphatic rings. The molecule has 3 aromatic heterocycles. The van der Waals surface area contributed by atoms with Crippen LogP contribution in [0.25, 0.3) is 10.6 Å². The summed E-state index contributed by atoms with van der Waals surface area (Å²) < 4.78 is 4.52. The summed E-state index contributed by atoms with van der Waals surface area (Å²) in [6.45, 7) is 6.30. The number of aromatic nitrogens is 3. The Balaban J connectivity index is 1.74. The number of aryl methyl sites for hydroxylation is 3. The third-order valence-corrected chi connectivity index (χ3v) is 6.86. The van der Waals surface area contributed by atoms with Gasteiger partial charge < -0.3 is 9.13 Å². The Hall–Kier alpha value is -2.44. The first kappa shape index (κ1) is 19.9. The van der Waals surface area contributed by atoms with Gasteiger partial charge in [-0.2, -0.15) is 0 Å². The van der Waals surface area contributed by atoms with E-state index in [0.29, 0.717) is 0 Å². The molecule has 4 rings (SSSR count). The van der Waals surface area contributed by atoms with Crippen molar-refractivity contribution in [3.8, 4) is 10.6 Å². The monoisotopic (exact) mass is 422 g/mol. The zero-order valence-corrected chi connectivity index (χ0v) is 18.5. The second-order valence-electron chi connectivity index (χ2n) is 6.93. The fourth-order valence-electron chi connectivity index (χ4n) is 3.54. The van der Waals surface area contributed by atoms with Gasteiger partial charge in [-0.15, -0.1) is 22.7 Å². The van der Waals surface area contributed by atoms with Gasteiger partial charge in [0.2, 0.25) is 0 Å². The van der Waals surface area contributed by atoms with Crippen molar-refractivity contribution in [3.63, 3.8) is 0 Å². The molecule has 0 radical (unpaired) electrons. The van der Waals surface area contributed by atoms with E-state index < -0.39 is 0 Å². The number of benzene rings is 1. The van der Waals surface area contributed by atoms with Crippen LogP contribution in [-0.2, 0) is 25.9 Å². The molecule has 0 atom stereocenters. The minimum absolute atomic E-state index is 0.934. The van der Waals surface area contributed by atoms with Gasteiger partial charge in [-0.05, 0) is 41.8 Å². The largest absolute Gasteiger partial charge is 0.337 e. The van der Waals surface area contributed by atoms with Crippen LogP contribution in [0.5, 0.6) is 0 Å². The summed E-state index contributed by atoms with van der Waals surface area (Å²) in [7, 11) is 0. The van der Waals surface area contributed by atoms with Crippen LogP contribution in [0.1, 0.15) is 31.4 Å². The zero-order valence-electron chi connectivity index (χ0n) is 16.9. The second-order valence-corrected chi connectivity index (χ2v) is 8.71. The Kier molecular flexibility index (Phi) is 6.42. The lowest BCUT2D eigenvalue weighted by Crippen LogP contribution is -2.17. The maximum absolute atomic E-state index is 5.20. The van der Waals surface area contributed by atoms with E-state index in [1.165, 1.54) is 21.7 Å². The minimum atomic E-state index is 0.934. The van der Waals surface area contributed by atoms with Gasteiger partial charge in [-0.3, -0.25) is 0 Å². The molecular formula is C23H26N4S2. The topological polar surface area (TPSA) is 35.1 Å². The molecule has 0 aliphatic heterocycles. The number of para-hydroxylation sites is 1. The van der Waals surface area contributed by atoms with E-state index in [1.54, 1.807) is 22.7 Å². The zero-order chi connectivity index (χ0) is 20.1. The fraction of sp³-hybridized carbons (Fsp3) is 0.304. The number of hydrogen-bond acceptors (Lipinski definition) is 4. The average Bonchev–Trinajstić information content (AvgIpc) is 3.51. The van der Waals surface area contributed by atoms with Crippen LogP contribution in [-0.4, -0.2) is 14.1 Å². The van der Waals surface area contributed by atoms with Crippen LogP contribution >= 0.6 is 22.7 Å². The fourth-order valence-corrected chi connectivity index (χ4v) is 5.30. The Morgan fingerprint density at radius 1 is 1.00 bits per heavy atom. The highest BCUT2D eigenvalue weighted by molar-refractivity contribution is 7.14. The summed E-state index contributed by atoms with van der Waals surface area (Å²) in [5.74, 6) is 0. The molecule has 0 unspecified atom stereocenters. The van der Waals surface area contributed by atoms with Crippen LogP contribution in [0, 0.1) is 0 Å². The molecule has 0 amide bonds. The lowest BCUT2D eigenvalue weighted by molar-refractivity contribution is 0.559.